The third-order valence-electron chi connectivity index (χ3n) is 4.58. The van der Waals surface area contributed by atoms with Gasteiger partial charge in [-0.25, -0.2) is 8.42 Å². The molecule has 4 nitrogen and oxygen atoms in total. The van der Waals surface area contributed by atoms with Gasteiger partial charge in [-0.3, -0.25) is 4.31 Å². The van der Waals surface area contributed by atoms with Gasteiger partial charge in [0.2, 0.25) is 0 Å². The fourth-order valence-corrected chi connectivity index (χ4v) is 5.26. The van der Waals surface area contributed by atoms with E-state index in [1.54, 1.807) is 22.5 Å². The lowest BCUT2D eigenvalue weighted by atomic mass is 10.1. The van der Waals surface area contributed by atoms with Gasteiger partial charge in [0.25, 0.3) is 10.0 Å². The molecule has 2 aliphatic heterocycles. The van der Waals surface area contributed by atoms with Gasteiger partial charge in [0.05, 0.1) is 17.2 Å². The highest BCUT2D eigenvalue weighted by atomic mass is 32.2. The Bertz CT molecular complexity index is 860. The summed E-state index contributed by atoms with van der Waals surface area (Å²) in [7, 11) is -3.56. The number of para-hydroxylation sites is 1. The Morgan fingerprint density at radius 3 is 2.83 bits per heavy atom. The predicted octanol–water partition coefficient (Wildman–Crippen LogP) is 3.15. The lowest BCUT2D eigenvalue weighted by Crippen LogP contribution is -2.35. The van der Waals surface area contributed by atoms with Crippen LogP contribution >= 0.6 is 0 Å². The fourth-order valence-electron chi connectivity index (χ4n) is 3.51. The minimum atomic E-state index is -3.56. The first-order valence-corrected chi connectivity index (χ1v) is 9.39. The van der Waals surface area contributed by atoms with Gasteiger partial charge in [0.15, 0.2) is 0 Å². The van der Waals surface area contributed by atoms with Crippen LogP contribution in [-0.2, 0) is 22.9 Å². The number of aryl methyl sites for hydroxylation is 1. The van der Waals surface area contributed by atoms with Crippen molar-refractivity contribution in [1.29, 1.82) is 0 Å². The summed E-state index contributed by atoms with van der Waals surface area (Å²) in [5, 5.41) is 0. The van der Waals surface area contributed by atoms with E-state index in [4.69, 9.17) is 4.74 Å². The highest BCUT2D eigenvalue weighted by Crippen LogP contribution is 2.37. The predicted molar refractivity (Wildman–Crippen MR) is 89.5 cm³/mol. The Morgan fingerprint density at radius 1 is 1.13 bits per heavy atom. The second-order valence-electron chi connectivity index (χ2n) is 6.20. The molecule has 2 aromatic carbocycles. The molecule has 0 saturated heterocycles. The van der Waals surface area contributed by atoms with Crippen molar-refractivity contribution in [3.8, 4) is 5.75 Å². The first kappa shape index (κ1) is 14.6. The zero-order valence-electron chi connectivity index (χ0n) is 13.0. The smallest absolute Gasteiger partial charge is 0.264 e. The molecule has 0 N–H and O–H groups in total. The number of ether oxygens (including phenoxy) is 1. The van der Waals surface area contributed by atoms with E-state index >= 15 is 0 Å². The number of nitrogens with zero attached hydrogens (tertiary/aromatic N) is 1. The van der Waals surface area contributed by atoms with E-state index in [0.717, 1.165) is 41.8 Å². The Labute approximate surface area is 136 Å². The average Bonchev–Trinajstić information content (AvgIpc) is 2.90. The van der Waals surface area contributed by atoms with Crippen molar-refractivity contribution >= 4 is 15.7 Å². The van der Waals surface area contributed by atoms with Gasteiger partial charge in [-0.05, 0) is 61.6 Å². The molecule has 0 aliphatic carbocycles. The van der Waals surface area contributed by atoms with E-state index in [0.29, 0.717) is 11.5 Å². The summed E-state index contributed by atoms with van der Waals surface area (Å²) in [6.45, 7) is 2.66. The van der Waals surface area contributed by atoms with Gasteiger partial charge >= 0.3 is 0 Å². The molecule has 0 spiro atoms. The summed E-state index contributed by atoms with van der Waals surface area (Å²) in [6, 6.07) is 12.9. The topological polar surface area (TPSA) is 46.6 Å². The van der Waals surface area contributed by atoms with E-state index < -0.39 is 10.0 Å². The summed E-state index contributed by atoms with van der Waals surface area (Å²) < 4.78 is 33.5. The van der Waals surface area contributed by atoms with Gasteiger partial charge in [-0.1, -0.05) is 18.2 Å². The Morgan fingerprint density at radius 2 is 1.96 bits per heavy atom. The maximum Gasteiger partial charge on any atom is 0.264 e. The molecule has 0 amide bonds. The lowest BCUT2D eigenvalue weighted by Gasteiger charge is -2.25. The first-order chi connectivity index (χ1) is 11.1. The Balaban J connectivity index is 1.79. The van der Waals surface area contributed by atoms with Crippen molar-refractivity contribution in [3.63, 3.8) is 0 Å². The molecule has 0 aromatic heterocycles. The van der Waals surface area contributed by atoms with Gasteiger partial charge in [0, 0.05) is 6.04 Å². The van der Waals surface area contributed by atoms with Crippen LogP contribution in [0.1, 0.15) is 24.5 Å². The van der Waals surface area contributed by atoms with Crippen LogP contribution in [0.2, 0.25) is 0 Å². The zero-order chi connectivity index (χ0) is 16.0. The molecule has 0 saturated carbocycles. The molecule has 4 rings (SSSR count). The number of rotatable bonds is 2. The molecule has 2 heterocycles. The van der Waals surface area contributed by atoms with E-state index in [1.165, 1.54) is 0 Å². The largest absolute Gasteiger partial charge is 0.493 e. The SMILES string of the molecule is CC1Cc2ccccc2N1S(=O)(=O)c1ccc2c(c1)CCCO2. The van der Waals surface area contributed by atoms with Crippen molar-refractivity contribution in [3.05, 3.63) is 53.6 Å². The molecular weight excluding hydrogens is 310 g/mol. The molecule has 1 unspecified atom stereocenters. The summed E-state index contributed by atoms with van der Waals surface area (Å²) in [5.74, 6) is 0.810. The number of anilines is 1. The van der Waals surface area contributed by atoms with Gasteiger partial charge in [0.1, 0.15) is 5.75 Å². The molecule has 0 radical (unpaired) electrons. The van der Waals surface area contributed by atoms with Crippen LogP contribution in [0.4, 0.5) is 5.69 Å². The molecule has 2 aromatic rings. The summed E-state index contributed by atoms with van der Waals surface area (Å²) in [4.78, 5) is 0.352. The van der Waals surface area contributed by atoms with Crippen molar-refractivity contribution in [2.75, 3.05) is 10.9 Å². The summed E-state index contributed by atoms with van der Waals surface area (Å²) in [6.07, 6.45) is 2.55. The zero-order valence-corrected chi connectivity index (χ0v) is 13.8. The molecule has 1 atom stereocenters. The van der Waals surface area contributed by atoms with Crippen LogP contribution in [0.15, 0.2) is 47.4 Å². The van der Waals surface area contributed by atoms with Crippen LogP contribution in [-0.4, -0.2) is 21.1 Å². The van der Waals surface area contributed by atoms with Gasteiger partial charge in [-0.2, -0.15) is 0 Å². The van der Waals surface area contributed by atoms with Crippen molar-refractivity contribution in [2.24, 2.45) is 0 Å². The van der Waals surface area contributed by atoms with E-state index in [2.05, 4.69) is 0 Å². The monoisotopic (exact) mass is 329 g/mol. The van der Waals surface area contributed by atoms with E-state index in [-0.39, 0.29) is 6.04 Å². The van der Waals surface area contributed by atoms with Gasteiger partial charge in [-0.15, -0.1) is 0 Å². The highest BCUT2D eigenvalue weighted by Gasteiger charge is 2.36. The van der Waals surface area contributed by atoms with Crippen molar-refractivity contribution < 1.29 is 13.2 Å². The number of sulfonamides is 1. The standard InChI is InChI=1S/C18H19NO3S/c1-13-11-14-5-2-3-7-17(14)19(13)23(20,21)16-8-9-18-15(12-16)6-4-10-22-18/h2-3,5,7-9,12-13H,4,6,10-11H2,1H3. The second kappa shape index (κ2) is 5.27. The Kier molecular flexibility index (Phi) is 3.34. The number of fused-ring (bicyclic) bond motifs is 2. The first-order valence-electron chi connectivity index (χ1n) is 7.95. The van der Waals surface area contributed by atoms with E-state index in [1.807, 2.05) is 31.2 Å². The van der Waals surface area contributed by atoms with Crippen LogP contribution in [0.5, 0.6) is 5.75 Å². The third kappa shape index (κ3) is 2.30. The Hall–Kier alpha value is -2.01. The van der Waals surface area contributed by atoms with Crippen LogP contribution in [0.3, 0.4) is 0 Å². The molecule has 120 valence electrons. The fraction of sp³-hybridized carbons (Fsp3) is 0.333. The van der Waals surface area contributed by atoms with Gasteiger partial charge < -0.3 is 4.74 Å². The summed E-state index contributed by atoms with van der Waals surface area (Å²) >= 11 is 0. The minimum Gasteiger partial charge on any atom is -0.493 e. The number of hydrogen-bond acceptors (Lipinski definition) is 3. The maximum atomic E-state index is 13.2. The van der Waals surface area contributed by atoms with Crippen LogP contribution < -0.4 is 9.04 Å². The summed E-state index contributed by atoms with van der Waals surface area (Å²) in [5.41, 5.74) is 2.87. The molecule has 0 bridgehead atoms. The normalized spacial score (nSPS) is 19.9. The molecular formula is C18H19NO3S. The third-order valence-corrected chi connectivity index (χ3v) is 6.51. The van der Waals surface area contributed by atoms with Crippen LogP contribution in [0.25, 0.3) is 0 Å². The van der Waals surface area contributed by atoms with Crippen molar-refractivity contribution in [1.82, 2.24) is 0 Å². The molecule has 2 aliphatic rings. The van der Waals surface area contributed by atoms with Crippen molar-refractivity contribution in [2.45, 2.75) is 37.1 Å². The molecule has 5 heteroatoms. The highest BCUT2D eigenvalue weighted by molar-refractivity contribution is 7.92. The maximum absolute atomic E-state index is 13.2. The molecule has 23 heavy (non-hydrogen) atoms. The quantitative estimate of drug-likeness (QED) is 0.850. The minimum absolute atomic E-state index is 0.0651. The second-order valence-corrected chi connectivity index (χ2v) is 8.02. The van der Waals surface area contributed by atoms with E-state index in [9.17, 15) is 8.42 Å². The average molecular weight is 329 g/mol. The lowest BCUT2D eigenvalue weighted by molar-refractivity contribution is 0.288. The molecule has 0 fully saturated rings. The van der Waals surface area contributed by atoms with Crippen LogP contribution in [0, 0.1) is 0 Å². The number of hydrogen-bond donors (Lipinski definition) is 0. The number of benzene rings is 2.